The van der Waals surface area contributed by atoms with E-state index in [1.165, 1.54) is 32.2 Å². The highest BCUT2D eigenvalue weighted by molar-refractivity contribution is 7.25. The molecule has 1 aromatic heterocycles. The van der Waals surface area contributed by atoms with Gasteiger partial charge in [-0.3, -0.25) is 0 Å². The van der Waals surface area contributed by atoms with Crippen LogP contribution in [0.2, 0.25) is 0 Å². The van der Waals surface area contributed by atoms with Crippen LogP contribution in [0.15, 0.2) is 41.4 Å². The van der Waals surface area contributed by atoms with E-state index < -0.39 is 0 Å². The fourth-order valence-corrected chi connectivity index (χ4v) is 6.06. The van der Waals surface area contributed by atoms with Gasteiger partial charge in [0.25, 0.3) is 6.02 Å². The van der Waals surface area contributed by atoms with Crippen molar-refractivity contribution in [3.63, 3.8) is 0 Å². The van der Waals surface area contributed by atoms with Crippen molar-refractivity contribution in [3.8, 4) is 11.8 Å². The van der Waals surface area contributed by atoms with E-state index in [1.54, 1.807) is 0 Å². The molecule has 0 radical (unpaired) electrons. The van der Waals surface area contributed by atoms with Crippen LogP contribution in [0.3, 0.4) is 0 Å². The van der Waals surface area contributed by atoms with Crippen LogP contribution >= 0.6 is 11.3 Å². The number of thiophene rings is 1. The highest BCUT2D eigenvalue weighted by Crippen LogP contribution is 2.84. The Morgan fingerprint density at radius 2 is 1.96 bits per heavy atom. The molecule has 3 aromatic rings. The lowest BCUT2D eigenvalue weighted by molar-refractivity contribution is 0.128. The Bertz CT molecular complexity index is 1210. The third-order valence-electron chi connectivity index (χ3n) is 6.61. The van der Waals surface area contributed by atoms with Crippen molar-refractivity contribution in [3.05, 3.63) is 47.5 Å². The number of hydrogen-bond donors (Lipinski definition) is 1. The first-order chi connectivity index (χ1) is 12.6. The van der Waals surface area contributed by atoms with E-state index in [0.29, 0.717) is 11.9 Å². The van der Waals surface area contributed by atoms with Gasteiger partial charge in [-0.2, -0.15) is 0 Å². The van der Waals surface area contributed by atoms with Crippen molar-refractivity contribution >= 4 is 37.5 Å². The van der Waals surface area contributed by atoms with Crippen LogP contribution in [0.25, 0.3) is 20.2 Å². The SMILES string of the molecule is CC#Cc1ccc2sc3ccc([C@@]4(C)N=C(N)O[C@H]5C6CC654)cc3c2c1. The third kappa shape index (κ3) is 1.58. The van der Waals surface area contributed by atoms with Gasteiger partial charge in [0, 0.05) is 37.1 Å². The van der Waals surface area contributed by atoms with Gasteiger partial charge in [-0.25, -0.2) is 4.99 Å². The fraction of sp³-hybridized carbons (Fsp3) is 0.318. The van der Waals surface area contributed by atoms with E-state index >= 15 is 0 Å². The minimum atomic E-state index is -0.284. The molecule has 0 saturated heterocycles. The summed E-state index contributed by atoms with van der Waals surface area (Å²) in [6.45, 7) is 4.10. The van der Waals surface area contributed by atoms with Crippen LogP contribution in [-0.4, -0.2) is 12.1 Å². The van der Waals surface area contributed by atoms with Crippen LogP contribution in [0.1, 0.15) is 31.4 Å². The summed E-state index contributed by atoms with van der Waals surface area (Å²) in [4.78, 5) is 4.79. The van der Waals surface area contributed by atoms with Gasteiger partial charge < -0.3 is 10.5 Å². The van der Waals surface area contributed by atoms with Gasteiger partial charge >= 0.3 is 0 Å². The molecular weight excluding hydrogens is 340 g/mol. The monoisotopic (exact) mass is 358 g/mol. The second kappa shape index (κ2) is 4.42. The lowest BCUT2D eigenvalue weighted by atomic mass is 9.80. The second-order valence-electron chi connectivity index (χ2n) is 7.81. The maximum atomic E-state index is 6.00. The second-order valence-corrected chi connectivity index (χ2v) is 8.89. The number of fused-ring (bicyclic) bond motifs is 4. The number of hydrogen-bond acceptors (Lipinski definition) is 4. The van der Waals surface area contributed by atoms with Crippen LogP contribution in [0, 0.1) is 23.2 Å². The zero-order chi connectivity index (χ0) is 17.7. The Kier molecular flexibility index (Phi) is 2.49. The number of amidine groups is 1. The molecular formula is C22H18N2OS. The first-order valence-electron chi connectivity index (χ1n) is 8.98. The third-order valence-corrected chi connectivity index (χ3v) is 7.76. The van der Waals surface area contributed by atoms with Crippen molar-refractivity contribution in [1.82, 2.24) is 0 Å². The van der Waals surface area contributed by atoms with Gasteiger partial charge in [0.1, 0.15) is 6.10 Å². The number of benzene rings is 2. The summed E-state index contributed by atoms with van der Waals surface area (Å²) < 4.78 is 8.33. The first kappa shape index (κ1) is 14.6. The van der Waals surface area contributed by atoms with Gasteiger partial charge in [-0.05, 0) is 56.2 Å². The molecule has 4 heteroatoms. The van der Waals surface area contributed by atoms with E-state index in [4.69, 9.17) is 15.5 Å². The number of rotatable bonds is 1. The number of ether oxygens (including phenoxy) is 1. The standard InChI is InChI=1S/C22H18N2OS/c1-3-4-12-5-7-17-14(9-12)15-10-13(6-8-18(15)26-17)21(2)22-11-16(22)19(22)25-20(23)24-21/h5-10,16,19H,11H2,1-2H3,(H2,23,24)/t16?,19-,21+,22?/m0/s1. The predicted molar refractivity (Wildman–Crippen MR) is 106 cm³/mol. The highest BCUT2D eigenvalue weighted by atomic mass is 32.1. The summed E-state index contributed by atoms with van der Waals surface area (Å²) in [6, 6.07) is 13.6. The molecule has 3 nitrogen and oxygen atoms in total. The quantitative estimate of drug-likeness (QED) is 0.657. The van der Waals surface area contributed by atoms with E-state index in [2.05, 4.69) is 55.2 Å². The zero-order valence-electron chi connectivity index (χ0n) is 14.7. The van der Waals surface area contributed by atoms with Crippen molar-refractivity contribution in [2.45, 2.75) is 31.9 Å². The van der Waals surface area contributed by atoms with Crippen LogP contribution in [0.4, 0.5) is 0 Å². The highest BCUT2D eigenvalue weighted by Gasteiger charge is 2.89. The molecule has 2 saturated carbocycles. The number of aliphatic imine (C=N–C) groups is 1. The molecule has 2 heterocycles. The van der Waals surface area contributed by atoms with Crippen LogP contribution in [-0.2, 0) is 10.3 Å². The van der Waals surface area contributed by atoms with Gasteiger partial charge in [-0.1, -0.05) is 12.0 Å². The van der Waals surface area contributed by atoms with Crippen molar-refractivity contribution in [2.75, 3.05) is 0 Å². The normalized spacial score (nSPS) is 33.5. The average molecular weight is 358 g/mol. The topological polar surface area (TPSA) is 47.6 Å². The van der Waals surface area contributed by atoms with Crippen LogP contribution < -0.4 is 5.73 Å². The molecule has 4 atom stereocenters. The minimum absolute atomic E-state index is 0.175. The molecule has 0 amide bonds. The molecule has 1 spiro atoms. The summed E-state index contributed by atoms with van der Waals surface area (Å²) >= 11 is 1.83. The Morgan fingerprint density at radius 1 is 1.19 bits per heavy atom. The first-order valence-corrected chi connectivity index (χ1v) is 9.80. The zero-order valence-corrected chi connectivity index (χ0v) is 15.5. The Labute approximate surface area is 155 Å². The molecule has 2 aromatic carbocycles. The molecule has 0 bridgehead atoms. The van der Waals surface area contributed by atoms with E-state index in [0.717, 1.165) is 5.56 Å². The lowest BCUT2D eigenvalue weighted by Crippen LogP contribution is -2.40. The molecule has 26 heavy (non-hydrogen) atoms. The number of nitrogens with two attached hydrogens (primary N) is 1. The summed E-state index contributed by atoms with van der Waals surface area (Å²) in [7, 11) is 0. The lowest BCUT2D eigenvalue weighted by Gasteiger charge is -2.35. The minimum Gasteiger partial charge on any atom is -0.461 e. The molecule has 3 aliphatic rings. The Hall–Kier alpha value is -2.51. The van der Waals surface area contributed by atoms with Crippen molar-refractivity contribution < 1.29 is 4.74 Å². The fourth-order valence-electron chi connectivity index (χ4n) is 4.99. The van der Waals surface area contributed by atoms with E-state index in [1.807, 2.05) is 18.3 Å². The van der Waals surface area contributed by atoms with Crippen molar-refractivity contribution in [1.29, 1.82) is 0 Å². The molecule has 6 rings (SSSR count). The average Bonchev–Trinajstić information content (AvgIpc) is 3.48. The van der Waals surface area contributed by atoms with Crippen LogP contribution in [0.5, 0.6) is 0 Å². The molecule has 128 valence electrons. The molecule has 2 fully saturated rings. The van der Waals surface area contributed by atoms with Gasteiger partial charge in [-0.15, -0.1) is 17.3 Å². The van der Waals surface area contributed by atoms with Gasteiger partial charge in [0.05, 0.1) is 5.54 Å². The molecule has 2 aliphatic carbocycles. The molecule has 1 aliphatic heterocycles. The van der Waals surface area contributed by atoms with Gasteiger partial charge in [0.15, 0.2) is 0 Å². The molecule has 2 N–H and O–H groups in total. The van der Waals surface area contributed by atoms with Crippen molar-refractivity contribution in [2.24, 2.45) is 22.1 Å². The largest absolute Gasteiger partial charge is 0.461 e. The maximum Gasteiger partial charge on any atom is 0.283 e. The molecule has 2 unspecified atom stereocenters. The summed E-state index contributed by atoms with van der Waals surface area (Å²) in [5.74, 6) is 6.79. The van der Waals surface area contributed by atoms with E-state index in [-0.39, 0.29) is 17.1 Å². The number of nitrogens with zero attached hydrogens (tertiary/aromatic N) is 1. The predicted octanol–water partition coefficient (Wildman–Crippen LogP) is 4.37. The summed E-state index contributed by atoms with van der Waals surface area (Å²) in [5, 5.41) is 2.56. The summed E-state index contributed by atoms with van der Waals surface area (Å²) in [5.41, 5.74) is 8.19. The maximum absolute atomic E-state index is 6.00. The Morgan fingerprint density at radius 3 is 2.73 bits per heavy atom. The summed E-state index contributed by atoms with van der Waals surface area (Å²) in [6.07, 6.45) is 1.47. The van der Waals surface area contributed by atoms with Gasteiger partial charge in [0.2, 0.25) is 0 Å². The van der Waals surface area contributed by atoms with E-state index in [9.17, 15) is 0 Å². The Balaban J connectivity index is 1.58. The smallest absolute Gasteiger partial charge is 0.283 e.